The van der Waals surface area contributed by atoms with E-state index >= 15 is 0 Å². The topological polar surface area (TPSA) is 53.6 Å². The number of hydrogen-bond acceptors (Lipinski definition) is 4. The van der Waals surface area contributed by atoms with E-state index < -0.39 is 0 Å². The predicted molar refractivity (Wildman–Crippen MR) is 113 cm³/mol. The number of nitrogens with zero attached hydrogens (tertiary/aromatic N) is 1. The highest BCUT2D eigenvalue weighted by atomic mass is 16.5. The Morgan fingerprint density at radius 3 is 2.61 bits per heavy atom. The first-order valence-corrected chi connectivity index (χ1v) is 11.1. The zero-order valence-electron chi connectivity index (χ0n) is 17.2. The van der Waals surface area contributed by atoms with Gasteiger partial charge in [-0.2, -0.15) is 0 Å². The molecule has 1 amide bonds. The molecule has 1 aromatic carbocycles. The van der Waals surface area contributed by atoms with Crippen LogP contribution < -0.4 is 10.6 Å². The zero-order chi connectivity index (χ0) is 19.4. The van der Waals surface area contributed by atoms with Crippen molar-refractivity contribution in [1.29, 1.82) is 0 Å². The minimum absolute atomic E-state index is 0.202. The molecule has 28 heavy (non-hydrogen) atoms. The lowest BCUT2D eigenvalue weighted by atomic mass is 9.93. The molecule has 2 fully saturated rings. The summed E-state index contributed by atoms with van der Waals surface area (Å²) < 4.78 is 6.03. The van der Waals surface area contributed by atoms with E-state index in [1.54, 1.807) is 0 Å². The van der Waals surface area contributed by atoms with Crippen molar-refractivity contribution in [2.24, 2.45) is 5.92 Å². The van der Waals surface area contributed by atoms with E-state index in [4.69, 9.17) is 4.74 Å². The van der Waals surface area contributed by atoms with Crippen LogP contribution in [0.4, 0.5) is 0 Å². The van der Waals surface area contributed by atoms with Gasteiger partial charge in [-0.05, 0) is 63.1 Å². The highest BCUT2D eigenvalue weighted by molar-refractivity contribution is 5.75. The third-order valence-corrected chi connectivity index (χ3v) is 6.02. The molecule has 2 aliphatic heterocycles. The summed E-state index contributed by atoms with van der Waals surface area (Å²) in [7, 11) is 0. The number of carbonyl (C=O) groups excluding carboxylic acids is 1. The monoisotopic (exact) mass is 387 g/mol. The van der Waals surface area contributed by atoms with E-state index in [2.05, 4.69) is 45.9 Å². The van der Waals surface area contributed by atoms with Crippen LogP contribution in [0.15, 0.2) is 30.3 Å². The van der Waals surface area contributed by atoms with Gasteiger partial charge in [0.05, 0.1) is 6.10 Å². The van der Waals surface area contributed by atoms with Crippen molar-refractivity contribution in [3.8, 4) is 0 Å². The molecule has 0 saturated carbocycles. The van der Waals surface area contributed by atoms with E-state index in [9.17, 15) is 4.79 Å². The third kappa shape index (κ3) is 7.90. The van der Waals surface area contributed by atoms with Crippen LogP contribution in [-0.4, -0.2) is 56.2 Å². The molecule has 2 aliphatic rings. The van der Waals surface area contributed by atoms with E-state index in [0.717, 1.165) is 77.5 Å². The van der Waals surface area contributed by atoms with Gasteiger partial charge in [-0.25, -0.2) is 0 Å². The molecule has 0 bridgehead atoms. The molecule has 0 spiro atoms. The van der Waals surface area contributed by atoms with Crippen LogP contribution in [0, 0.1) is 5.92 Å². The second kappa shape index (κ2) is 12.2. The second-order valence-corrected chi connectivity index (χ2v) is 8.27. The van der Waals surface area contributed by atoms with Gasteiger partial charge in [-0.3, -0.25) is 9.69 Å². The lowest BCUT2D eigenvalue weighted by Gasteiger charge is -2.32. The van der Waals surface area contributed by atoms with Gasteiger partial charge in [0.25, 0.3) is 0 Å². The number of likely N-dealkylation sites (tertiary alicyclic amines) is 1. The van der Waals surface area contributed by atoms with Crippen molar-refractivity contribution in [1.82, 2.24) is 15.5 Å². The van der Waals surface area contributed by atoms with Gasteiger partial charge in [-0.15, -0.1) is 0 Å². The summed E-state index contributed by atoms with van der Waals surface area (Å²) in [5.41, 5.74) is 1.39. The summed E-state index contributed by atoms with van der Waals surface area (Å²) in [6.45, 7) is 6.94. The number of piperidine rings is 2. The van der Waals surface area contributed by atoms with Crippen LogP contribution in [0.25, 0.3) is 0 Å². The average Bonchev–Trinajstić information content (AvgIpc) is 2.75. The number of amides is 1. The highest BCUT2D eigenvalue weighted by Gasteiger charge is 2.19. The molecule has 5 nitrogen and oxygen atoms in total. The Balaban J connectivity index is 1.17. The minimum atomic E-state index is 0.202. The molecule has 0 atom stereocenters. The number of rotatable bonds is 10. The summed E-state index contributed by atoms with van der Waals surface area (Å²) in [6, 6.07) is 10.7. The smallest absolute Gasteiger partial charge is 0.220 e. The Bertz CT molecular complexity index is 552. The summed E-state index contributed by atoms with van der Waals surface area (Å²) in [5.74, 6) is 0.927. The molecule has 0 radical (unpaired) electrons. The Labute approximate surface area is 170 Å². The number of carbonyl (C=O) groups is 1. The Morgan fingerprint density at radius 2 is 1.86 bits per heavy atom. The first-order chi connectivity index (χ1) is 13.8. The van der Waals surface area contributed by atoms with Crippen molar-refractivity contribution in [3.05, 3.63) is 35.9 Å². The molecule has 2 saturated heterocycles. The molecule has 156 valence electrons. The lowest BCUT2D eigenvalue weighted by molar-refractivity contribution is -0.121. The summed E-state index contributed by atoms with van der Waals surface area (Å²) in [4.78, 5) is 14.5. The summed E-state index contributed by atoms with van der Waals surface area (Å²) >= 11 is 0. The summed E-state index contributed by atoms with van der Waals surface area (Å²) in [5, 5.41) is 6.43. The van der Waals surface area contributed by atoms with E-state index in [-0.39, 0.29) is 5.91 Å². The number of benzene rings is 1. The fourth-order valence-electron chi connectivity index (χ4n) is 4.22. The Kier molecular flexibility index (Phi) is 9.27. The van der Waals surface area contributed by atoms with Crippen LogP contribution in [0.2, 0.25) is 0 Å². The largest absolute Gasteiger partial charge is 0.378 e. The molecule has 2 N–H and O–H groups in total. The first kappa shape index (κ1) is 21.3. The third-order valence-electron chi connectivity index (χ3n) is 6.02. The van der Waals surface area contributed by atoms with Gasteiger partial charge in [0.15, 0.2) is 0 Å². The van der Waals surface area contributed by atoms with Crippen LogP contribution in [0.1, 0.15) is 50.5 Å². The SMILES string of the molecule is O=C(CCC1CCNCC1)NCCCOC1CCN(Cc2ccccc2)CC1. The number of hydrogen-bond donors (Lipinski definition) is 2. The molecule has 5 heteroatoms. The first-order valence-electron chi connectivity index (χ1n) is 11.1. The van der Waals surface area contributed by atoms with Crippen molar-refractivity contribution < 1.29 is 9.53 Å². The predicted octanol–water partition coefficient (Wildman–Crippen LogP) is 2.95. The van der Waals surface area contributed by atoms with Gasteiger partial charge < -0.3 is 15.4 Å². The molecule has 0 aromatic heterocycles. The van der Waals surface area contributed by atoms with Gasteiger partial charge >= 0.3 is 0 Å². The van der Waals surface area contributed by atoms with Crippen molar-refractivity contribution in [2.45, 2.75) is 57.6 Å². The molecular weight excluding hydrogens is 350 g/mol. The zero-order valence-corrected chi connectivity index (χ0v) is 17.2. The van der Waals surface area contributed by atoms with Gasteiger partial charge in [-0.1, -0.05) is 30.3 Å². The maximum Gasteiger partial charge on any atom is 0.220 e. The van der Waals surface area contributed by atoms with Crippen molar-refractivity contribution in [2.75, 3.05) is 39.3 Å². The van der Waals surface area contributed by atoms with Crippen molar-refractivity contribution >= 4 is 5.91 Å². The maximum atomic E-state index is 12.0. The number of nitrogens with one attached hydrogen (secondary N) is 2. The molecule has 3 rings (SSSR count). The quantitative estimate of drug-likeness (QED) is 0.606. The van der Waals surface area contributed by atoms with Crippen LogP contribution in [-0.2, 0) is 16.1 Å². The second-order valence-electron chi connectivity index (χ2n) is 8.27. The minimum Gasteiger partial charge on any atom is -0.378 e. The average molecular weight is 388 g/mol. The molecule has 0 aliphatic carbocycles. The van der Waals surface area contributed by atoms with Crippen LogP contribution in [0.5, 0.6) is 0 Å². The van der Waals surface area contributed by atoms with Gasteiger partial charge in [0, 0.05) is 39.2 Å². The molecule has 1 aromatic rings. The lowest BCUT2D eigenvalue weighted by Crippen LogP contribution is -2.37. The van der Waals surface area contributed by atoms with E-state index in [0.29, 0.717) is 12.5 Å². The van der Waals surface area contributed by atoms with Crippen LogP contribution in [0.3, 0.4) is 0 Å². The molecule has 2 heterocycles. The molecule has 0 unspecified atom stereocenters. The molecular formula is C23H37N3O2. The normalized spacial score (nSPS) is 19.6. The van der Waals surface area contributed by atoms with Gasteiger partial charge in [0.2, 0.25) is 5.91 Å². The van der Waals surface area contributed by atoms with E-state index in [1.165, 1.54) is 18.4 Å². The fourth-order valence-corrected chi connectivity index (χ4v) is 4.22. The fraction of sp³-hybridized carbons (Fsp3) is 0.696. The standard InChI is InChI=1S/C23H37N3O2/c27-23(8-7-20-9-14-24-15-10-20)25-13-4-18-28-22-11-16-26(17-12-22)19-21-5-2-1-3-6-21/h1-3,5-6,20,22,24H,4,7-19H2,(H,25,27). The number of ether oxygens (including phenoxy) is 1. The highest BCUT2D eigenvalue weighted by Crippen LogP contribution is 2.18. The van der Waals surface area contributed by atoms with Crippen molar-refractivity contribution in [3.63, 3.8) is 0 Å². The van der Waals surface area contributed by atoms with Crippen LogP contribution >= 0.6 is 0 Å². The van der Waals surface area contributed by atoms with Gasteiger partial charge in [0.1, 0.15) is 0 Å². The summed E-state index contributed by atoms with van der Waals surface area (Å²) in [6.07, 6.45) is 7.63. The Hall–Kier alpha value is -1.43. The maximum absolute atomic E-state index is 12.0. The Morgan fingerprint density at radius 1 is 1.11 bits per heavy atom. The van der Waals surface area contributed by atoms with E-state index in [1.807, 2.05) is 0 Å².